The second-order valence-corrected chi connectivity index (χ2v) is 4.81. The summed E-state index contributed by atoms with van der Waals surface area (Å²) in [7, 11) is 1.93. The summed E-state index contributed by atoms with van der Waals surface area (Å²) in [5.74, 6) is 0.556. The Hall–Kier alpha value is -0.610. The average molecular weight is 228 g/mol. The first-order valence-corrected chi connectivity index (χ1v) is 6.17. The summed E-state index contributed by atoms with van der Waals surface area (Å²) in [5.41, 5.74) is 0. The fourth-order valence-electron chi connectivity index (χ4n) is 2.39. The normalized spacial score (nSPS) is 27.9. The summed E-state index contributed by atoms with van der Waals surface area (Å²) in [6, 6.07) is 0.367. The number of rotatable bonds is 4. The van der Waals surface area contributed by atoms with E-state index in [4.69, 9.17) is 0 Å². The van der Waals surface area contributed by atoms with Crippen molar-refractivity contribution < 1.29 is 9.90 Å². The van der Waals surface area contributed by atoms with Crippen LogP contribution in [-0.2, 0) is 4.79 Å². The number of likely N-dealkylation sites (tertiary alicyclic amines) is 1. The van der Waals surface area contributed by atoms with E-state index in [9.17, 15) is 9.90 Å². The number of carbonyl (C=O) groups is 1. The fourth-order valence-corrected chi connectivity index (χ4v) is 2.39. The minimum absolute atomic E-state index is 0.135. The number of aliphatic hydroxyl groups excluding tert-OH is 1. The molecule has 3 atom stereocenters. The highest BCUT2D eigenvalue weighted by atomic mass is 16.3. The van der Waals surface area contributed by atoms with E-state index in [-0.39, 0.29) is 12.0 Å². The Bertz CT molecular complexity index is 231. The largest absolute Gasteiger partial charge is 0.393 e. The van der Waals surface area contributed by atoms with Gasteiger partial charge >= 0.3 is 0 Å². The first-order chi connectivity index (χ1) is 7.56. The molecule has 2 N–H and O–H groups in total. The zero-order valence-corrected chi connectivity index (χ0v) is 10.6. The molecule has 0 spiro atoms. The Morgan fingerprint density at radius 1 is 1.56 bits per heavy atom. The topological polar surface area (TPSA) is 52.6 Å². The molecule has 0 aromatic carbocycles. The maximum absolute atomic E-state index is 11.4. The van der Waals surface area contributed by atoms with Crippen LogP contribution in [0, 0.1) is 5.92 Å². The smallest absolute Gasteiger partial charge is 0.219 e. The van der Waals surface area contributed by atoms with Crippen molar-refractivity contribution >= 4 is 5.91 Å². The standard InChI is InChI=1S/C12H24N2O2/c1-4-12(16)6-10-5-11(13-3)8-14(7-10)9(2)15/h10-13,16H,4-8H2,1-3H3. The number of nitrogens with one attached hydrogen (secondary N) is 1. The van der Waals surface area contributed by atoms with E-state index in [1.165, 1.54) is 0 Å². The second-order valence-electron chi connectivity index (χ2n) is 4.81. The molecule has 4 heteroatoms. The molecule has 0 aromatic heterocycles. The van der Waals surface area contributed by atoms with Crippen molar-refractivity contribution in [1.82, 2.24) is 10.2 Å². The number of aliphatic hydroxyl groups is 1. The van der Waals surface area contributed by atoms with Crippen LogP contribution in [0.5, 0.6) is 0 Å². The van der Waals surface area contributed by atoms with Gasteiger partial charge in [-0.25, -0.2) is 0 Å². The van der Waals surface area contributed by atoms with E-state index in [2.05, 4.69) is 5.32 Å². The van der Waals surface area contributed by atoms with E-state index in [0.29, 0.717) is 12.0 Å². The number of likely N-dealkylation sites (N-methyl/N-ethyl adjacent to an activating group) is 1. The predicted octanol–water partition coefficient (Wildman–Crippen LogP) is 0.604. The van der Waals surface area contributed by atoms with Crippen LogP contribution in [0.15, 0.2) is 0 Å². The Morgan fingerprint density at radius 2 is 2.25 bits per heavy atom. The minimum atomic E-state index is -0.227. The third-order valence-corrected chi connectivity index (χ3v) is 3.47. The lowest BCUT2D eigenvalue weighted by molar-refractivity contribution is -0.131. The Morgan fingerprint density at radius 3 is 2.75 bits per heavy atom. The van der Waals surface area contributed by atoms with Gasteiger partial charge in [0, 0.05) is 26.1 Å². The average Bonchev–Trinajstić information content (AvgIpc) is 2.28. The molecule has 3 unspecified atom stereocenters. The molecule has 0 radical (unpaired) electrons. The van der Waals surface area contributed by atoms with Gasteiger partial charge in [0.2, 0.25) is 5.91 Å². The molecule has 4 nitrogen and oxygen atoms in total. The first-order valence-electron chi connectivity index (χ1n) is 6.17. The molecule has 0 saturated carbocycles. The number of hydrogen-bond donors (Lipinski definition) is 2. The second kappa shape index (κ2) is 6.21. The molecule has 0 aromatic rings. The van der Waals surface area contributed by atoms with Crippen molar-refractivity contribution in [1.29, 1.82) is 0 Å². The molecule has 1 aliphatic heterocycles. The van der Waals surface area contributed by atoms with Crippen molar-refractivity contribution in [3.63, 3.8) is 0 Å². The summed E-state index contributed by atoms with van der Waals surface area (Å²) in [4.78, 5) is 13.3. The number of nitrogens with zero attached hydrogens (tertiary/aromatic N) is 1. The van der Waals surface area contributed by atoms with Crippen LogP contribution in [0.2, 0.25) is 0 Å². The molecule has 0 aliphatic carbocycles. The maximum atomic E-state index is 11.4. The van der Waals surface area contributed by atoms with Crippen molar-refractivity contribution in [2.24, 2.45) is 5.92 Å². The number of carbonyl (C=O) groups excluding carboxylic acids is 1. The van der Waals surface area contributed by atoms with Crippen molar-refractivity contribution in [2.75, 3.05) is 20.1 Å². The molecule has 1 aliphatic rings. The fraction of sp³-hybridized carbons (Fsp3) is 0.917. The van der Waals surface area contributed by atoms with Crippen LogP contribution in [0.25, 0.3) is 0 Å². The van der Waals surface area contributed by atoms with Crippen molar-refractivity contribution in [2.45, 2.75) is 45.3 Å². The molecule has 0 bridgehead atoms. The molecule has 1 heterocycles. The zero-order chi connectivity index (χ0) is 12.1. The molecular weight excluding hydrogens is 204 g/mol. The molecule has 16 heavy (non-hydrogen) atoms. The molecule has 1 fully saturated rings. The van der Waals surface area contributed by atoms with Crippen molar-refractivity contribution in [3.05, 3.63) is 0 Å². The van der Waals surface area contributed by atoms with Crippen LogP contribution in [0.3, 0.4) is 0 Å². The van der Waals surface area contributed by atoms with Gasteiger partial charge in [0.15, 0.2) is 0 Å². The minimum Gasteiger partial charge on any atom is -0.393 e. The van der Waals surface area contributed by atoms with E-state index >= 15 is 0 Å². The van der Waals surface area contributed by atoms with Gasteiger partial charge < -0.3 is 15.3 Å². The summed E-state index contributed by atoms with van der Waals surface area (Å²) in [5, 5.41) is 12.9. The highest BCUT2D eigenvalue weighted by Gasteiger charge is 2.28. The molecular formula is C12H24N2O2. The summed E-state index contributed by atoms with van der Waals surface area (Å²) in [6.07, 6.45) is 2.42. The van der Waals surface area contributed by atoms with Gasteiger partial charge in [0.05, 0.1) is 6.10 Å². The molecule has 1 saturated heterocycles. The molecule has 1 rings (SSSR count). The van der Waals surface area contributed by atoms with Crippen LogP contribution in [0.1, 0.15) is 33.1 Å². The zero-order valence-electron chi connectivity index (χ0n) is 10.6. The number of piperidine rings is 1. The highest BCUT2D eigenvalue weighted by molar-refractivity contribution is 5.73. The van der Waals surface area contributed by atoms with Gasteiger partial charge in [-0.3, -0.25) is 4.79 Å². The van der Waals surface area contributed by atoms with Gasteiger partial charge in [-0.05, 0) is 32.2 Å². The Kier molecular flexibility index (Phi) is 5.22. The molecule has 1 amide bonds. The van der Waals surface area contributed by atoms with Crippen LogP contribution in [-0.4, -0.2) is 48.2 Å². The summed E-state index contributed by atoms with van der Waals surface area (Å²) < 4.78 is 0. The van der Waals surface area contributed by atoms with Crippen molar-refractivity contribution in [3.8, 4) is 0 Å². The van der Waals surface area contributed by atoms with Gasteiger partial charge in [0.25, 0.3) is 0 Å². The summed E-state index contributed by atoms with van der Waals surface area (Å²) in [6.45, 7) is 5.20. The van der Waals surface area contributed by atoms with Gasteiger partial charge in [-0.1, -0.05) is 6.92 Å². The summed E-state index contributed by atoms with van der Waals surface area (Å²) >= 11 is 0. The van der Waals surface area contributed by atoms with E-state index in [1.54, 1.807) is 6.92 Å². The third kappa shape index (κ3) is 3.76. The number of hydrogen-bond acceptors (Lipinski definition) is 3. The predicted molar refractivity (Wildman–Crippen MR) is 64.1 cm³/mol. The van der Waals surface area contributed by atoms with Gasteiger partial charge in [-0.15, -0.1) is 0 Å². The van der Waals surface area contributed by atoms with Crippen LogP contribution < -0.4 is 5.32 Å². The van der Waals surface area contributed by atoms with Gasteiger partial charge in [-0.2, -0.15) is 0 Å². The SMILES string of the molecule is CCC(O)CC1CC(NC)CN(C(C)=O)C1. The van der Waals surface area contributed by atoms with Gasteiger partial charge in [0.1, 0.15) is 0 Å². The van der Waals surface area contributed by atoms with Crippen LogP contribution >= 0.6 is 0 Å². The first kappa shape index (κ1) is 13.5. The monoisotopic (exact) mass is 228 g/mol. The lowest BCUT2D eigenvalue weighted by atomic mass is 9.89. The Labute approximate surface area is 98.0 Å². The number of amides is 1. The maximum Gasteiger partial charge on any atom is 0.219 e. The van der Waals surface area contributed by atoms with E-state index in [0.717, 1.165) is 32.4 Å². The Balaban J connectivity index is 2.53. The quantitative estimate of drug-likeness (QED) is 0.741. The lowest BCUT2D eigenvalue weighted by Crippen LogP contribution is -2.50. The highest BCUT2D eigenvalue weighted by Crippen LogP contribution is 2.22. The molecule has 94 valence electrons. The third-order valence-electron chi connectivity index (χ3n) is 3.47. The lowest BCUT2D eigenvalue weighted by Gasteiger charge is -2.38. The van der Waals surface area contributed by atoms with E-state index in [1.807, 2.05) is 18.9 Å². The van der Waals surface area contributed by atoms with E-state index < -0.39 is 0 Å². The van der Waals surface area contributed by atoms with Crippen LogP contribution in [0.4, 0.5) is 0 Å².